The molecule has 0 aliphatic rings. The minimum absolute atomic E-state index is 0.374. The Morgan fingerprint density at radius 1 is 0.913 bits per heavy atom. The van der Waals surface area contributed by atoms with E-state index in [0.29, 0.717) is 43.7 Å². The maximum atomic E-state index is 11.6. The minimum atomic E-state index is -0.374. The molecule has 5 nitrogen and oxygen atoms in total. The Balaban J connectivity index is 3.08. The first-order chi connectivity index (χ1) is 11.2. The number of ether oxygens (including phenoxy) is 4. The van der Waals surface area contributed by atoms with Crippen LogP contribution in [-0.2, 0) is 9.53 Å². The average molecular weight is 322 g/mol. The van der Waals surface area contributed by atoms with Crippen molar-refractivity contribution in [1.82, 2.24) is 0 Å². The second-order valence-electron chi connectivity index (χ2n) is 4.64. The number of rotatable bonds is 10. The van der Waals surface area contributed by atoms with E-state index in [2.05, 4.69) is 0 Å². The summed E-state index contributed by atoms with van der Waals surface area (Å²) in [6.07, 6.45) is 3.85. The molecule has 0 aromatic heterocycles. The van der Waals surface area contributed by atoms with Crippen LogP contribution in [0, 0.1) is 0 Å². The summed E-state index contributed by atoms with van der Waals surface area (Å²) in [6.45, 7) is 9.65. The monoisotopic (exact) mass is 322 g/mol. The van der Waals surface area contributed by atoms with Crippen LogP contribution < -0.4 is 14.2 Å². The van der Waals surface area contributed by atoms with Crippen molar-refractivity contribution in [2.45, 2.75) is 34.1 Å². The van der Waals surface area contributed by atoms with Gasteiger partial charge in [0.2, 0.25) is 0 Å². The van der Waals surface area contributed by atoms with E-state index in [4.69, 9.17) is 18.9 Å². The Morgan fingerprint density at radius 2 is 1.48 bits per heavy atom. The molecule has 0 amide bonds. The van der Waals surface area contributed by atoms with Crippen molar-refractivity contribution in [1.29, 1.82) is 0 Å². The fourth-order valence-corrected chi connectivity index (χ4v) is 1.91. The van der Waals surface area contributed by atoms with Crippen LogP contribution >= 0.6 is 0 Å². The predicted octanol–water partition coefficient (Wildman–Crippen LogP) is 3.85. The molecule has 0 N–H and O–H groups in total. The molecular formula is C18H26O5. The SMILES string of the molecule is CCCOC(=O)C=Cc1cc(OCC)c(OCC)cc1OCC. The molecule has 0 aliphatic carbocycles. The highest BCUT2D eigenvalue weighted by atomic mass is 16.5. The van der Waals surface area contributed by atoms with Crippen molar-refractivity contribution in [3.63, 3.8) is 0 Å². The third-order valence-electron chi connectivity index (χ3n) is 2.82. The molecule has 0 saturated heterocycles. The van der Waals surface area contributed by atoms with Crippen LogP contribution in [0.1, 0.15) is 39.7 Å². The van der Waals surface area contributed by atoms with Crippen LogP contribution in [0.25, 0.3) is 6.08 Å². The first-order valence-corrected chi connectivity index (χ1v) is 8.07. The summed E-state index contributed by atoms with van der Waals surface area (Å²) in [5.74, 6) is 1.52. The highest BCUT2D eigenvalue weighted by Crippen LogP contribution is 2.36. The highest BCUT2D eigenvalue weighted by molar-refractivity contribution is 5.87. The van der Waals surface area contributed by atoms with Crippen LogP contribution in [0.2, 0.25) is 0 Å². The summed E-state index contributed by atoms with van der Waals surface area (Å²) in [4.78, 5) is 11.6. The lowest BCUT2D eigenvalue weighted by Gasteiger charge is -2.15. The number of carbonyl (C=O) groups is 1. The maximum Gasteiger partial charge on any atom is 0.330 e. The molecular weight excluding hydrogens is 296 g/mol. The lowest BCUT2D eigenvalue weighted by molar-refractivity contribution is -0.137. The van der Waals surface area contributed by atoms with Gasteiger partial charge in [0.15, 0.2) is 11.5 Å². The molecule has 0 bridgehead atoms. The van der Waals surface area contributed by atoms with Gasteiger partial charge in [0, 0.05) is 17.7 Å². The Hall–Kier alpha value is -2.17. The van der Waals surface area contributed by atoms with Gasteiger partial charge < -0.3 is 18.9 Å². The average Bonchev–Trinajstić information content (AvgIpc) is 2.54. The molecule has 5 heteroatoms. The first kappa shape index (κ1) is 18.9. The van der Waals surface area contributed by atoms with Gasteiger partial charge in [-0.2, -0.15) is 0 Å². The molecule has 0 radical (unpaired) electrons. The summed E-state index contributed by atoms with van der Waals surface area (Å²) in [6, 6.07) is 3.60. The molecule has 0 fully saturated rings. The van der Waals surface area contributed by atoms with E-state index in [1.807, 2.05) is 33.8 Å². The molecule has 1 aromatic carbocycles. The fraction of sp³-hybridized carbons (Fsp3) is 0.500. The second-order valence-corrected chi connectivity index (χ2v) is 4.64. The number of esters is 1. The summed E-state index contributed by atoms with van der Waals surface area (Å²) in [5.41, 5.74) is 0.743. The number of carbonyl (C=O) groups excluding carboxylic acids is 1. The van der Waals surface area contributed by atoms with E-state index in [-0.39, 0.29) is 5.97 Å². The van der Waals surface area contributed by atoms with E-state index in [0.717, 1.165) is 12.0 Å². The molecule has 0 saturated carbocycles. The zero-order valence-corrected chi connectivity index (χ0v) is 14.4. The second kappa shape index (κ2) is 10.5. The van der Waals surface area contributed by atoms with Crippen LogP contribution in [0.4, 0.5) is 0 Å². The van der Waals surface area contributed by atoms with E-state index in [1.54, 1.807) is 12.1 Å². The molecule has 0 spiro atoms. The molecule has 0 aliphatic heterocycles. The van der Waals surface area contributed by atoms with Crippen LogP contribution in [-0.4, -0.2) is 32.4 Å². The molecule has 0 heterocycles. The lowest BCUT2D eigenvalue weighted by atomic mass is 10.1. The van der Waals surface area contributed by atoms with Crippen LogP contribution in [0.5, 0.6) is 17.2 Å². The molecule has 0 unspecified atom stereocenters. The normalized spacial score (nSPS) is 10.6. The van der Waals surface area contributed by atoms with Crippen molar-refractivity contribution in [3.05, 3.63) is 23.8 Å². The maximum absolute atomic E-state index is 11.6. The third-order valence-corrected chi connectivity index (χ3v) is 2.82. The van der Waals surface area contributed by atoms with Gasteiger partial charge in [0.05, 0.1) is 26.4 Å². The summed E-state index contributed by atoms with van der Waals surface area (Å²) in [7, 11) is 0. The largest absolute Gasteiger partial charge is 0.493 e. The van der Waals surface area contributed by atoms with Gasteiger partial charge in [0.25, 0.3) is 0 Å². The first-order valence-electron chi connectivity index (χ1n) is 8.07. The van der Waals surface area contributed by atoms with E-state index >= 15 is 0 Å². The van der Waals surface area contributed by atoms with E-state index in [1.165, 1.54) is 6.08 Å². The summed E-state index contributed by atoms with van der Waals surface area (Å²) < 4.78 is 21.9. The number of benzene rings is 1. The quantitative estimate of drug-likeness (QED) is 0.484. The third kappa shape index (κ3) is 6.22. The number of hydrogen-bond donors (Lipinski definition) is 0. The van der Waals surface area contributed by atoms with Crippen molar-refractivity contribution < 1.29 is 23.7 Å². The Bertz CT molecular complexity index is 522. The van der Waals surface area contributed by atoms with Gasteiger partial charge in [-0.1, -0.05) is 6.92 Å². The smallest absolute Gasteiger partial charge is 0.330 e. The van der Waals surface area contributed by atoms with Gasteiger partial charge in [-0.25, -0.2) is 4.79 Å². The van der Waals surface area contributed by atoms with Gasteiger partial charge in [-0.15, -0.1) is 0 Å². The Kier molecular flexibility index (Phi) is 8.65. The Morgan fingerprint density at radius 3 is 2.04 bits per heavy atom. The predicted molar refractivity (Wildman–Crippen MR) is 90.2 cm³/mol. The van der Waals surface area contributed by atoms with Crippen molar-refractivity contribution in [3.8, 4) is 17.2 Å². The van der Waals surface area contributed by atoms with Gasteiger partial charge in [-0.05, 0) is 39.3 Å². The molecule has 1 rings (SSSR count). The summed E-state index contributed by atoms with van der Waals surface area (Å²) in [5, 5.41) is 0. The highest BCUT2D eigenvalue weighted by Gasteiger charge is 2.12. The summed E-state index contributed by atoms with van der Waals surface area (Å²) >= 11 is 0. The topological polar surface area (TPSA) is 54.0 Å². The number of hydrogen-bond acceptors (Lipinski definition) is 5. The minimum Gasteiger partial charge on any atom is -0.493 e. The zero-order valence-electron chi connectivity index (χ0n) is 14.4. The van der Waals surface area contributed by atoms with Crippen molar-refractivity contribution in [2.24, 2.45) is 0 Å². The lowest BCUT2D eigenvalue weighted by Crippen LogP contribution is -2.03. The molecule has 23 heavy (non-hydrogen) atoms. The fourth-order valence-electron chi connectivity index (χ4n) is 1.91. The van der Waals surface area contributed by atoms with Gasteiger partial charge in [0.1, 0.15) is 5.75 Å². The van der Waals surface area contributed by atoms with E-state index in [9.17, 15) is 4.79 Å². The van der Waals surface area contributed by atoms with Crippen molar-refractivity contribution in [2.75, 3.05) is 26.4 Å². The van der Waals surface area contributed by atoms with Crippen LogP contribution in [0.15, 0.2) is 18.2 Å². The van der Waals surface area contributed by atoms with Gasteiger partial charge >= 0.3 is 5.97 Å². The van der Waals surface area contributed by atoms with Gasteiger partial charge in [-0.3, -0.25) is 0 Å². The van der Waals surface area contributed by atoms with E-state index < -0.39 is 0 Å². The molecule has 1 aromatic rings. The Labute approximate surface area is 138 Å². The molecule has 128 valence electrons. The van der Waals surface area contributed by atoms with Crippen molar-refractivity contribution >= 4 is 12.0 Å². The van der Waals surface area contributed by atoms with Crippen LogP contribution in [0.3, 0.4) is 0 Å². The molecule has 0 atom stereocenters. The standard InChI is InChI=1S/C18H26O5/c1-5-11-23-18(19)10-9-14-12-16(21-7-3)17(22-8-4)13-15(14)20-6-2/h9-10,12-13H,5-8,11H2,1-4H3. The zero-order chi connectivity index (χ0) is 17.1.